The molecule has 1 unspecified atom stereocenters. The number of oxazole rings is 1. The lowest BCUT2D eigenvalue weighted by Crippen LogP contribution is -2.28. The minimum atomic E-state index is -0.291. The molecule has 3 aromatic heterocycles. The van der Waals surface area contributed by atoms with Crippen LogP contribution in [0.25, 0.3) is 11.0 Å². The minimum absolute atomic E-state index is 0.209. The Morgan fingerprint density at radius 2 is 1.90 bits per heavy atom. The highest BCUT2D eigenvalue weighted by molar-refractivity contribution is 5.77. The molecule has 9 nitrogen and oxygen atoms in total. The van der Waals surface area contributed by atoms with Crippen molar-refractivity contribution in [2.45, 2.75) is 51.0 Å². The van der Waals surface area contributed by atoms with Crippen molar-refractivity contribution in [3.63, 3.8) is 0 Å². The Morgan fingerprint density at radius 1 is 1.05 bits per heavy atom. The Morgan fingerprint density at radius 3 is 2.68 bits per heavy atom. The van der Waals surface area contributed by atoms with E-state index in [1.807, 2.05) is 31.2 Å². The average Bonchev–Trinajstić information content (AvgIpc) is 3.75. The summed E-state index contributed by atoms with van der Waals surface area (Å²) in [4.78, 5) is 27.7. The number of pyridine rings is 1. The molecule has 2 N–H and O–H groups in total. The number of nitrogens with one attached hydrogen (secondary N) is 2. The van der Waals surface area contributed by atoms with Crippen LogP contribution in [-0.2, 0) is 6.54 Å². The van der Waals surface area contributed by atoms with Gasteiger partial charge in [-0.05, 0) is 80.5 Å². The zero-order chi connectivity index (χ0) is 27.8. The van der Waals surface area contributed by atoms with Gasteiger partial charge in [0.2, 0.25) is 5.95 Å². The van der Waals surface area contributed by atoms with Crippen molar-refractivity contribution in [3.8, 4) is 11.5 Å². The van der Waals surface area contributed by atoms with E-state index in [2.05, 4.69) is 44.9 Å². The van der Waals surface area contributed by atoms with Crippen molar-refractivity contribution in [2.24, 2.45) is 0 Å². The molecule has 0 spiro atoms. The van der Waals surface area contributed by atoms with Gasteiger partial charge < -0.3 is 19.8 Å². The Bertz CT molecular complexity index is 1750. The van der Waals surface area contributed by atoms with Crippen LogP contribution in [0.3, 0.4) is 0 Å². The minimum Gasteiger partial charge on any atom is -0.451 e. The Kier molecular flexibility index (Phi) is 6.72. The molecule has 0 radical (unpaired) electrons. The first-order chi connectivity index (χ1) is 20.1. The van der Waals surface area contributed by atoms with Gasteiger partial charge in [0, 0.05) is 29.7 Å². The van der Waals surface area contributed by atoms with E-state index >= 15 is 0 Å². The quantitative estimate of drug-likeness (QED) is 0.243. The molecule has 1 aliphatic heterocycles. The standard InChI is InChI=1S/C32H32N6O3/c1-20-5-2-3-7-27(20)41-28-15-24-17-34-32(36-25-12-10-21(11-13-25)23-6-4-14-33-16-23)37-30(24)38(31(28)39)18-26-29(22-8-9-22)40-19-35-26/h2-3,5,7,10-13,15,17,19,22-23,33H,4,6,8-9,14,16,18H2,1H3,(H,34,36,37). The lowest BCUT2D eigenvalue weighted by atomic mass is 9.92. The molecule has 2 aliphatic rings. The Hall–Kier alpha value is -4.50. The SMILES string of the molecule is Cc1ccccc1Oc1cc2cnc(Nc3ccc(C4CCCNC4)cc3)nc2n(Cc2ncoc2C2CC2)c1=O. The maximum absolute atomic E-state index is 13.9. The van der Waals surface area contributed by atoms with Gasteiger partial charge in [0.25, 0.3) is 5.56 Å². The summed E-state index contributed by atoms with van der Waals surface area (Å²) in [6.07, 6.45) is 7.72. The summed E-state index contributed by atoms with van der Waals surface area (Å²) in [5, 5.41) is 7.49. The van der Waals surface area contributed by atoms with Gasteiger partial charge in [-0.15, -0.1) is 0 Å². The van der Waals surface area contributed by atoms with Crippen LogP contribution >= 0.6 is 0 Å². The maximum Gasteiger partial charge on any atom is 0.295 e. The van der Waals surface area contributed by atoms with Crippen LogP contribution in [0.5, 0.6) is 11.5 Å². The van der Waals surface area contributed by atoms with Crippen molar-refractivity contribution in [2.75, 3.05) is 18.4 Å². The molecule has 41 heavy (non-hydrogen) atoms. The van der Waals surface area contributed by atoms with Gasteiger partial charge in [0.05, 0.1) is 6.54 Å². The van der Waals surface area contributed by atoms with E-state index in [1.165, 1.54) is 24.8 Å². The molecule has 9 heteroatoms. The van der Waals surface area contributed by atoms with Crippen LogP contribution in [0.1, 0.15) is 60.1 Å². The van der Waals surface area contributed by atoms with Crippen LogP contribution in [0.15, 0.2) is 76.4 Å². The van der Waals surface area contributed by atoms with Gasteiger partial charge in [-0.3, -0.25) is 9.36 Å². The molecular formula is C32H32N6O3. The molecule has 0 amide bonds. The van der Waals surface area contributed by atoms with Gasteiger partial charge in [0.1, 0.15) is 22.9 Å². The van der Waals surface area contributed by atoms with E-state index < -0.39 is 0 Å². The third-order valence-corrected chi connectivity index (χ3v) is 7.97. The van der Waals surface area contributed by atoms with Crippen LogP contribution in [-0.4, -0.2) is 32.6 Å². The first-order valence-corrected chi connectivity index (χ1v) is 14.3. The monoisotopic (exact) mass is 548 g/mol. The fraction of sp³-hybridized carbons (Fsp3) is 0.312. The summed E-state index contributed by atoms with van der Waals surface area (Å²) < 4.78 is 13.4. The van der Waals surface area contributed by atoms with Crippen molar-refractivity contribution in [3.05, 3.63) is 100 Å². The second kappa shape index (κ2) is 10.8. The second-order valence-electron chi connectivity index (χ2n) is 11.0. The number of rotatable bonds is 8. The number of hydrogen-bond acceptors (Lipinski definition) is 8. The predicted octanol–water partition coefficient (Wildman–Crippen LogP) is 6.02. The molecule has 7 rings (SSSR count). The molecule has 1 aliphatic carbocycles. The number of aryl methyl sites for hydroxylation is 1. The molecule has 4 heterocycles. The molecule has 5 aromatic rings. The summed E-state index contributed by atoms with van der Waals surface area (Å²) in [5.41, 5.74) is 4.10. The van der Waals surface area contributed by atoms with Crippen molar-refractivity contribution >= 4 is 22.7 Å². The summed E-state index contributed by atoms with van der Waals surface area (Å²) in [6, 6.07) is 17.8. The highest BCUT2D eigenvalue weighted by Gasteiger charge is 2.30. The van der Waals surface area contributed by atoms with Gasteiger partial charge >= 0.3 is 0 Å². The van der Waals surface area contributed by atoms with Crippen LogP contribution in [0, 0.1) is 6.92 Å². The van der Waals surface area contributed by atoms with E-state index in [0.29, 0.717) is 34.6 Å². The Labute approximate surface area is 237 Å². The highest BCUT2D eigenvalue weighted by atomic mass is 16.5. The van der Waals surface area contributed by atoms with Gasteiger partial charge in [0.15, 0.2) is 12.1 Å². The van der Waals surface area contributed by atoms with Crippen molar-refractivity contribution in [1.82, 2.24) is 24.8 Å². The van der Waals surface area contributed by atoms with E-state index in [4.69, 9.17) is 14.1 Å². The number of hydrogen-bond donors (Lipinski definition) is 2. The van der Waals surface area contributed by atoms with E-state index in [1.54, 1.807) is 16.8 Å². The number of fused-ring (bicyclic) bond motifs is 1. The third-order valence-electron chi connectivity index (χ3n) is 7.97. The van der Waals surface area contributed by atoms with Gasteiger partial charge in [-0.1, -0.05) is 30.3 Å². The van der Waals surface area contributed by atoms with Gasteiger partial charge in [-0.2, -0.15) is 4.98 Å². The number of aromatic nitrogens is 4. The summed E-state index contributed by atoms with van der Waals surface area (Å²) >= 11 is 0. The topological polar surface area (TPSA) is 107 Å². The molecule has 208 valence electrons. The molecule has 1 atom stereocenters. The lowest BCUT2D eigenvalue weighted by molar-refractivity contribution is 0.461. The fourth-order valence-electron chi connectivity index (χ4n) is 5.53. The van der Waals surface area contributed by atoms with Crippen LogP contribution in [0.4, 0.5) is 11.6 Å². The number of anilines is 2. The third kappa shape index (κ3) is 5.32. The summed E-state index contributed by atoms with van der Waals surface area (Å²) in [7, 11) is 0. The number of piperidine rings is 1. The van der Waals surface area contributed by atoms with Crippen molar-refractivity contribution < 1.29 is 9.15 Å². The molecule has 2 fully saturated rings. The summed E-state index contributed by atoms with van der Waals surface area (Å²) in [6.45, 7) is 4.29. The number of benzene rings is 2. The number of ether oxygens (including phenoxy) is 1. The maximum atomic E-state index is 13.9. The number of nitrogens with zero attached hydrogens (tertiary/aromatic N) is 4. The summed E-state index contributed by atoms with van der Waals surface area (Å²) in [5.74, 6) is 2.99. The normalized spacial score (nSPS) is 17.0. The first-order valence-electron chi connectivity index (χ1n) is 14.3. The lowest BCUT2D eigenvalue weighted by Gasteiger charge is -2.23. The van der Waals surface area contributed by atoms with E-state index in [9.17, 15) is 4.79 Å². The zero-order valence-electron chi connectivity index (χ0n) is 23.0. The largest absolute Gasteiger partial charge is 0.451 e. The van der Waals surface area contributed by atoms with Gasteiger partial charge in [-0.25, -0.2) is 9.97 Å². The highest BCUT2D eigenvalue weighted by Crippen LogP contribution is 2.41. The smallest absolute Gasteiger partial charge is 0.295 e. The Balaban J connectivity index is 1.24. The molecular weight excluding hydrogens is 516 g/mol. The van der Waals surface area contributed by atoms with Crippen molar-refractivity contribution in [1.29, 1.82) is 0 Å². The fourth-order valence-corrected chi connectivity index (χ4v) is 5.53. The predicted molar refractivity (Wildman–Crippen MR) is 157 cm³/mol. The molecule has 2 aromatic carbocycles. The van der Waals surface area contributed by atoms with Crippen LogP contribution in [0.2, 0.25) is 0 Å². The zero-order valence-corrected chi connectivity index (χ0v) is 23.0. The molecule has 1 saturated carbocycles. The molecule has 1 saturated heterocycles. The molecule has 0 bridgehead atoms. The number of para-hydroxylation sites is 1. The van der Waals surface area contributed by atoms with E-state index in [-0.39, 0.29) is 17.9 Å². The van der Waals surface area contributed by atoms with E-state index in [0.717, 1.165) is 48.6 Å². The first kappa shape index (κ1) is 25.5. The second-order valence-corrected chi connectivity index (χ2v) is 11.0. The van der Waals surface area contributed by atoms with Crippen LogP contribution < -0.4 is 20.9 Å². The average molecular weight is 549 g/mol.